The Labute approximate surface area is 166 Å². The van der Waals surface area contributed by atoms with Crippen LogP contribution in [0.3, 0.4) is 0 Å². The van der Waals surface area contributed by atoms with Gasteiger partial charge in [0.15, 0.2) is 11.5 Å². The van der Waals surface area contributed by atoms with E-state index in [2.05, 4.69) is 5.32 Å². The first-order valence-electron chi connectivity index (χ1n) is 7.91. The average Bonchev–Trinajstić information content (AvgIpc) is 2.95. The van der Waals surface area contributed by atoms with Crippen molar-refractivity contribution in [1.29, 1.82) is 0 Å². The van der Waals surface area contributed by atoms with E-state index in [0.717, 1.165) is 16.0 Å². The van der Waals surface area contributed by atoms with E-state index >= 15 is 0 Å². The SMILES string of the molecule is CCOc1cc(/C=C2/SC(=S)NC2=O)cc(-c2ccccc2SC)c1O. The van der Waals surface area contributed by atoms with Gasteiger partial charge in [0, 0.05) is 10.5 Å². The van der Waals surface area contributed by atoms with E-state index < -0.39 is 0 Å². The largest absolute Gasteiger partial charge is 0.504 e. The molecule has 134 valence electrons. The topological polar surface area (TPSA) is 58.6 Å². The molecule has 1 saturated heterocycles. The van der Waals surface area contributed by atoms with Crippen LogP contribution in [0.15, 0.2) is 46.2 Å². The number of thioether (sulfide) groups is 2. The number of nitrogens with one attached hydrogen (secondary N) is 1. The highest BCUT2D eigenvalue weighted by atomic mass is 32.2. The Morgan fingerprint density at radius 2 is 2.08 bits per heavy atom. The number of carbonyl (C=O) groups excluding carboxylic acids is 1. The Morgan fingerprint density at radius 1 is 1.31 bits per heavy atom. The molecule has 1 aliphatic rings. The minimum Gasteiger partial charge on any atom is -0.504 e. The summed E-state index contributed by atoms with van der Waals surface area (Å²) in [7, 11) is 0. The quantitative estimate of drug-likeness (QED) is 0.430. The number of amides is 1. The highest BCUT2D eigenvalue weighted by molar-refractivity contribution is 8.26. The van der Waals surface area contributed by atoms with Gasteiger partial charge in [0.05, 0.1) is 11.5 Å². The maximum absolute atomic E-state index is 12.0. The Hall–Kier alpha value is -1.96. The van der Waals surface area contributed by atoms with Gasteiger partial charge in [-0.05, 0) is 48.6 Å². The second-order valence-corrected chi connectivity index (χ2v) is 7.97. The van der Waals surface area contributed by atoms with Crippen LogP contribution in [0, 0.1) is 0 Å². The maximum atomic E-state index is 12.0. The highest BCUT2D eigenvalue weighted by Gasteiger charge is 2.23. The molecule has 0 unspecified atom stereocenters. The molecule has 2 aromatic carbocycles. The van der Waals surface area contributed by atoms with E-state index in [1.165, 1.54) is 11.8 Å². The van der Waals surface area contributed by atoms with Gasteiger partial charge in [0.2, 0.25) is 0 Å². The lowest BCUT2D eigenvalue weighted by Gasteiger charge is -2.14. The summed E-state index contributed by atoms with van der Waals surface area (Å²) in [6.45, 7) is 2.29. The average molecular weight is 404 g/mol. The molecular formula is C19H17NO3S3. The molecule has 1 amide bonds. The van der Waals surface area contributed by atoms with Crippen LogP contribution < -0.4 is 10.1 Å². The van der Waals surface area contributed by atoms with Gasteiger partial charge in [-0.3, -0.25) is 4.79 Å². The molecule has 1 heterocycles. The van der Waals surface area contributed by atoms with Crippen molar-refractivity contribution in [3.05, 3.63) is 46.9 Å². The standard InChI is InChI=1S/C19H17NO3S3/c1-3-23-14-9-11(10-16-18(22)20-19(24)26-16)8-13(17(14)21)12-6-4-5-7-15(12)25-2/h4-10,21H,3H2,1-2H3,(H,20,22,24)/b16-10+. The van der Waals surface area contributed by atoms with Crippen LogP contribution >= 0.6 is 35.7 Å². The predicted molar refractivity (Wildman–Crippen MR) is 113 cm³/mol. The van der Waals surface area contributed by atoms with E-state index in [-0.39, 0.29) is 11.7 Å². The smallest absolute Gasteiger partial charge is 0.263 e. The predicted octanol–water partition coefficient (Wildman–Crippen LogP) is 4.67. The van der Waals surface area contributed by atoms with Gasteiger partial charge in [-0.1, -0.05) is 42.2 Å². The number of hydrogen-bond acceptors (Lipinski definition) is 6. The number of ether oxygens (including phenoxy) is 1. The molecule has 0 saturated carbocycles. The normalized spacial score (nSPS) is 15.4. The summed E-state index contributed by atoms with van der Waals surface area (Å²) in [4.78, 5) is 13.5. The molecule has 1 fully saturated rings. The zero-order chi connectivity index (χ0) is 18.7. The Bertz CT molecular complexity index is 909. The van der Waals surface area contributed by atoms with Gasteiger partial charge in [0.25, 0.3) is 5.91 Å². The van der Waals surface area contributed by atoms with Crippen LogP contribution in [-0.4, -0.2) is 28.2 Å². The highest BCUT2D eigenvalue weighted by Crippen LogP contribution is 2.42. The van der Waals surface area contributed by atoms with E-state index in [1.54, 1.807) is 23.9 Å². The van der Waals surface area contributed by atoms with Gasteiger partial charge in [-0.15, -0.1) is 11.8 Å². The number of carbonyl (C=O) groups is 1. The van der Waals surface area contributed by atoms with Crippen LogP contribution in [0.4, 0.5) is 0 Å². The van der Waals surface area contributed by atoms with E-state index in [4.69, 9.17) is 17.0 Å². The fourth-order valence-electron chi connectivity index (χ4n) is 2.62. The van der Waals surface area contributed by atoms with Crippen LogP contribution in [0.2, 0.25) is 0 Å². The maximum Gasteiger partial charge on any atom is 0.263 e. The van der Waals surface area contributed by atoms with Crippen molar-refractivity contribution < 1.29 is 14.6 Å². The summed E-state index contributed by atoms with van der Waals surface area (Å²) in [5, 5.41) is 13.3. The molecule has 2 N–H and O–H groups in total. The van der Waals surface area contributed by atoms with E-state index in [9.17, 15) is 9.90 Å². The van der Waals surface area contributed by atoms with Crippen molar-refractivity contribution in [1.82, 2.24) is 5.32 Å². The van der Waals surface area contributed by atoms with Gasteiger partial charge in [-0.25, -0.2) is 0 Å². The van der Waals surface area contributed by atoms with Crippen LogP contribution in [0.5, 0.6) is 11.5 Å². The third-order valence-corrected chi connectivity index (χ3v) is 5.69. The number of phenols is 1. The van der Waals surface area contributed by atoms with Crippen LogP contribution in [0.1, 0.15) is 12.5 Å². The number of rotatable bonds is 5. The molecule has 1 aliphatic heterocycles. The number of phenolic OH excluding ortho intramolecular Hbond substituents is 1. The second kappa shape index (κ2) is 8.16. The first-order chi connectivity index (χ1) is 12.5. The lowest BCUT2D eigenvalue weighted by atomic mass is 10.0. The third kappa shape index (κ3) is 3.90. The third-order valence-electron chi connectivity index (χ3n) is 3.73. The van der Waals surface area contributed by atoms with Gasteiger partial charge < -0.3 is 15.2 Å². The van der Waals surface area contributed by atoms with Crippen molar-refractivity contribution in [2.45, 2.75) is 11.8 Å². The molecule has 4 nitrogen and oxygen atoms in total. The molecule has 26 heavy (non-hydrogen) atoms. The monoisotopic (exact) mass is 403 g/mol. The second-order valence-electron chi connectivity index (χ2n) is 5.40. The first kappa shape index (κ1) is 18.8. The van der Waals surface area contributed by atoms with Crippen LogP contribution in [0.25, 0.3) is 17.2 Å². The molecule has 0 aromatic heterocycles. The summed E-state index contributed by atoms with van der Waals surface area (Å²) in [5.41, 5.74) is 2.34. The Kier molecular flexibility index (Phi) is 5.90. The molecule has 7 heteroatoms. The zero-order valence-electron chi connectivity index (χ0n) is 14.2. The zero-order valence-corrected chi connectivity index (χ0v) is 16.7. The lowest BCUT2D eigenvalue weighted by Crippen LogP contribution is -2.17. The summed E-state index contributed by atoms with van der Waals surface area (Å²) in [6.07, 6.45) is 3.75. The number of benzene rings is 2. The molecule has 0 atom stereocenters. The van der Waals surface area contributed by atoms with Gasteiger partial charge in [-0.2, -0.15) is 0 Å². The van der Waals surface area contributed by atoms with Crippen molar-refractivity contribution >= 4 is 52.0 Å². The molecular weight excluding hydrogens is 386 g/mol. The Balaban J connectivity index is 2.15. The fourth-order valence-corrected chi connectivity index (χ4v) is 4.28. The molecule has 0 spiro atoms. The Morgan fingerprint density at radius 3 is 2.73 bits per heavy atom. The van der Waals surface area contributed by atoms with Crippen molar-refractivity contribution in [3.8, 4) is 22.6 Å². The summed E-state index contributed by atoms with van der Waals surface area (Å²) >= 11 is 7.87. The lowest BCUT2D eigenvalue weighted by molar-refractivity contribution is -0.115. The van der Waals surface area contributed by atoms with Gasteiger partial charge in [0.1, 0.15) is 4.32 Å². The van der Waals surface area contributed by atoms with Crippen molar-refractivity contribution in [3.63, 3.8) is 0 Å². The van der Waals surface area contributed by atoms with Crippen molar-refractivity contribution in [2.75, 3.05) is 12.9 Å². The first-order valence-corrected chi connectivity index (χ1v) is 10.4. The van der Waals surface area contributed by atoms with Gasteiger partial charge >= 0.3 is 0 Å². The number of thiocarbonyl (C=S) groups is 1. The molecule has 0 bridgehead atoms. The fraction of sp³-hybridized carbons (Fsp3) is 0.158. The minimum absolute atomic E-state index is 0.0922. The molecule has 0 aliphatic carbocycles. The van der Waals surface area contributed by atoms with Crippen molar-refractivity contribution in [2.24, 2.45) is 0 Å². The summed E-state index contributed by atoms with van der Waals surface area (Å²) in [5.74, 6) is 0.269. The summed E-state index contributed by atoms with van der Waals surface area (Å²) in [6, 6.07) is 11.4. The van der Waals surface area contributed by atoms with Crippen LogP contribution in [-0.2, 0) is 4.79 Å². The van der Waals surface area contributed by atoms with E-state index in [0.29, 0.717) is 27.1 Å². The molecule has 2 aromatic rings. The summed E-state index contributed by atoms with van der Waals surface area (Å²) < 4.78 is 6.05. The van der Waals surface area contributed by atoms with E-state index in [1.807, 2.05) is 43.5 Å². The molecule has 0 radical (unpaired) electrons. The number of aromatic hydroxyl groups is 1. The molecule has 3 rings (SSSR count). The number of hydrogen-bond donors (Lipinski definition) is 2. The minimum atomic E-state index is -0.211.